The van der Waals surface area contributed by atoms with Crippen molar-refractivity contribution in [3.8, 4) is 55.6 Å². The number of rotatable bonds is 8. The molecule has 0 aliphatic carbocycles. The highest BCUT2D eigenvalue weighted by Crippen LogP contribution is 2.41. The number of benzene rings is 10. The average Bonchev–Trinajstić information content (AvgIpc) is 3.93. The van der Waals surface area contributed by atoms with Crippen molar-refractivity contribution in [1.29, 1.82) is 0 Å². The molecule has 0 fully saturated rings. The van der Waals surface area contributed by atoms with Gasteiger partial charge < -0.3 is 13.7 Å². The van der Waals surface area contributed by atoms with E-state index in [1.54, 1.807) is 0 Å². The number of nitrogens with zero attached hydrogens (tertiary/aromatic N) is 1. The van der Waals surface area contributed by atoms with Gasteiger partial charge in [-0.25, -0.2) is 0 Å². The van der Waals surface area contributed by atoms with Gasteiger partial charge in [-0.3, -0.25) is 0 Å². The highest BCUT2D eigenvalue weighted by atomic mass is 16.3. The van der Waals surface area contributed by atoms with Crippen LogP contribution in [-0.2, 0) is 0 Å². The molecule has 0 bridgehead atoms. The number of hydrogen-bond donors (Lipinski definition) is 0. The van der Waals surface area contributed by atoms with E-state index in [0.717, 1.165) is 94.3 Å². The van der Waals surface area contributed by atoms with Gasteiger partial charge in [0.25, 0.3) is 0 Å². The van der Waals surface area contributed by atoms with Crippen LogP contribution in [0.5, 0.6) is 0 Å². The fourth-order valence-corrected chi connectivity index (χ4v) is 9.09. The topological polar surface area (TPSA) is 29.5 Å². The smallest absolute Gasteiger partial charge is 0.143 e. The van der Waals surface area contributed by atoms with E-state index < -0.39 is 0 Å². The van der Waals surface area contributed by atoms with Gasteiger partial charge in [0.05, 0.1) is 0 Å². The molecule has 0 saturated heterocycles. The molecule has 0 amide bonds. The Hall–Kier alpha value is -8.40. The third kappa shape index (κ3) is 6.64. The summed E-state index contributed by atoms with van der Waals surface area (Å²) in [5.74, 6) is 0. The lowest BCUT2D eigenvalue weighted by Crippen LogP contribution is -2.09. The Balaban J connectivity index is 0.906. The van der Waals surface area contributed by atoms with Gasteiger partial charge in [0.2, 0.25) is 0 Å². The van der Waals surface area contributed by atoms with E-state index >= 15 is 0 Å². The van der Waals surface area contributed by atoms with Gasteiger partial charge >= 0.3 is 0 Å². The quantitative estimate of drug-likeness (QED) is 0.153. The predicted molar refractivity (Wildman–Crippen MR) is 263 cm³/mol. The van der Waals surface area contributed by atoms with Crippen molar-refractivity contribution in [3.63, 3.8) is 0 Å². The first kappa shape index (κ1) is 36.5. The van der Waals surface area contributed by atoms with Crippen LogP contribution in [0.25, 0.3) is 99.5 Å². The fourth-order valence-electron chi connectivity index (χ4n) is 9.09. The maximum Gasteiger partial charge on any atom is 0.143 e. The molecule has 63 heavy (non-hydrogen) atoms. The predicted octanol–water partition coefficient (Wildman–Crippen LogP) is 17.3. The molecule has 3 nitrogen and oxygen atoms in total. The number of hydrogen-bond acceptors (Lipinski definition) is 3. The molecule has 0 spiro atoms. The summed E-state index contributed by atoms with van der Waals surface area (Å²) < 4.78 is 12.6. The molecule has 2 aromatic heterocycles. The van der Waals surface area contributed by atoms with E-state index in [2.05, 4.69) is 223 Å². The molecule has 0 unspecified atom stereocenters. The Bertz CT molecular complexity index is 3580. The monoisotopic (exact) mass is 805 g/mol. The van der Waals surface area contributed by atoms with E-state index in [9.17, 15) is 0 Å². The van der Waals surface area contributed by atoms with Crippen molar-refractivity contribution in [1.82, 2.24) is 0 Å². The molecule has 3 heteroatoms. The molecule has 0 saturated carbocycles. The van der Waals surface area contributed by atoms with E-state index in [0.29, 0.717) is 0 Å². The fraction of sp³-hybridized carbons (Fsp3) is 0. The lowest BCUT2D eigenvalue weighted by atomic mass is 9.98. The zero-order chi connectivity index (χ0) is 41.7. The van der Waals surface area contributed by atoms with Crippen LogP contribution in [0.1, 0.15) is 0 Å². The first-order valence-electron chi connectivity index (χ1n) is 21.4. The van der Waals surface area contributed by atoms with Crippen LogP contribution < -0.4 is 4.90 Å². The Kier molecular flexibility index (Phi) is 8.83. The molecule has 0 N–H and O–H groups in total. The van der Waals surface area contributed by atoms with Crippen LogP contribution >= 0.6 is 0 Å². The number of para-hydroxylation sites is 2. The molecule has 0 aliphatic rings. The maximum absolute atomic E-state index is 6.50. The summed E-state index contributed by atoms with van der Waals surface area (Å²) in [6.45, 7) is 0. The highest BCUT2D eigenvalue weighted by molar-refractivity contribution is 6.11. The van der Waals surface area contributed by atoms with E-state index in [4.69, 9.17) is 8.83 Å². The van der Waals surface area contributed by atoms with Gasteiger partial charge in [-0.15, -0.1) is 0 Å². The molecule has 12 aromatic rings. The minimum atomic E-state index is 0.886. The Morgan fingerprint density at radius 1 is 0.238 bits per heavy atom. The van der Waals surface area contributed by atoms with E-state index in [1.807, 2.05) is 18.2 Å². The van der Waals surface area contributed by atoms with Gasteiger partial charge in [-0.1, -0.05) is 164 Å². The molecule has 296 valence electrons. The molecular weight excluding hydrogens is 767 g/mol. The molecule has 10 aromatic carbocycles. The van der Waals surface area contributed by atoms with Crippen LogP contribution in [0.15, 0.2) is 245 Å². The van der Waals surface area contributed by atoms with Crippen LogP contribution in [0.4, 0.5) is 17.1 Å². The van der Waals surface area contributed by atoms with Crippen molar-refractivity contribution in [3.05, 3.63) is 237 Å². The zero-order valence-electron chi connectivity index (χ0n) is 34.3. The summed E-state index contributed by atoms with van der Waals surface area (Å²) in [6, 6.07) is 84.1. The third-order valence-corrected chi connectivity index (χ3v) is 12.3. The number of fused-ring (bicyclic) bond motifs is 6. The SMILES string of the molecule is c1ccc(-c2cccc(-c3ccc(N(c4ccc(-c5ccc6oc7ccccc7c6c5)cc4)c4ccc(-c5ccc6oc7c(-c8ccccc8)cccc7c6c5)cc4)cc3)c2)cc1. The molecule has 0 radical (unpaired) electrons. The second-order valence-corrected chi connectivity index (χ2v) is 16.1. The van der Waals surface area contributed by atoms with Crippen LogP contribution in [0, 0.1) is 0 Å². The van der Waals surface area contributed by atoms with Crippen LogP contribution in [-0.4, -0.2) is 0 Å². The summed E-state index contributed by atoms with van der Waals surface area (Å²) in [4.78, 5) is 2.34. The zero-order valence-corrected chi connectivity index (χ0v) is 34.3. The molecular formula is C60H39NO2. The lowest BCUT2D eigenvalue weighted by Gasteiger charge is -2.26. The normalized spacial score (nSPS) is 11.5. The maximum atomic E-state index is 6.50. The Labute approximate surface area is 365 Å². The summed E-state index contributed by atoms with van der Waals surface area (Å²) in [5.41, 5.74) is 18.4. The second-order valence-electron chi connectivity index (χ2n) is 16.1. The Morgan fingerprint density at radius 2 is 0.635 bits per heavy atom. The standard InChI is InChI=1S/C60H39NO2/c1-3-11-40(12-4-1)45-15-9-16-46(37-45)41-21-29-49(30-22-41)61(50-31-23-42(24-32-50)47-27-35-58-55(38-47)53-17-7-8-20-57(53)62-58)51-33-25-43(26-34-51)48-28-36-59-56(39-48)54-19-10-18-52(60(54)63-59)44-13-5-2-6-14-44/h1-39H. The van der Waals surface area contributed by atoms with Gasteiger partial charge in [0.15, 0.2) is 0 Å². The average molecular weight is 806 g/mol. The van der Waals surface area contributed by atoms with Crippen LogP contribution in [0.2, 0.25) is 0 Å². The van der Waals surface area contributed by atoms with Crippen LogP contribution in [0.3, 0.4) is 0 Å². The molecule has 0 atom stereocenters. The summed E-state index contributed by atoms with van der Waals surface area (Å²) in [5, 5.41) is 4.49. The van der Waals surface area contributed by atoms with Crippen molar-refractivity contribution in [2.75, 3.05) is 4.90 Å². The summed E-state index contributed by atoms with van der Waals surface area (Å²) >= 11 is 0. The number of furan rings is 2. The van der Waals surface area contributed by atoms with Gasteiger partial charge in [-0.2, -0.15) is 0 Å². The van der Waals surface area contributed by atoms with Crippen molar-refractivity contribution < 1.29 is 8.83 Å². The summed E-state index contributed by atoms with van der Waals surface area (Å²) in [7, 11) is 0. The van der Waals surface area contributed by atoms with Gasteiger partial charge in [-0.05, 0) is 123 Å². The van der Waals surface area contributed by atoms with E-state index in [1.165, 1.54) is 22.3 Å². The minimum absolute atomic E-state index is 0.886. The van der Waals surface area contributed by atoms with Crippen molar-refractivity contribution in [2.24, 2.45) is 0 Å². The first-order chi connectivity index (χ1) is 31.2. The lowest BCUT2D eigenvalue weighted by molar-refractivity contribution is 0.669. The number of anilines is 3. The van der Waals surface area contributed by atoms with E-state index in [-0.39, 0.29) is 0 Å². The third-order valence-electron chi connectivity index (χ3n) is 12.3. The first-order valence-corrected chi connectivity index (χ1v) is 21.4. The second kappa shape index (κ2) is 15.3. The molecule has 2 heterocycles. The molecule has 12 rings (SSSR count). The largest absolute Gasteiger partial charge is 0.456 e. The van der Waals surface area contributed by atoms with Gasteiger partial charge in [0.1, 0.15) is 22.3 Å². The Morgan fingerprint density at radius 3 is 1.22 bits per heavy atom. The van der Waals surface area contributed by atoms with Crippen molar-refractivity contribution in [2.45, 2.75) is 0 Å². The molecule has 0 aliphatic heterocycles. The minimum Gasteiger partial charge on any atom is -0.456 e. The summed E-state index contributed by atoms with van der Waals surface area (Å²) in [6.07, 6.45) is 0. The highest BCUT2D eigenvalue weighted by Gasteiger charge is 2.17. The van der Waals surface area contributed by atoms with Gasteiger partial charge in [0, 0.05) is 44.2 Å². The van der Waals surface area contributed by atoms with Crippen molar-refractivity contribution >= 4 is 60.9 Å².